The summed E-state index contributed by atoms with van der Waals surface area (Å²) in [7, 11) is 1.83. The molecule has 0 radical (unpaired) electrons. The van der Waals surface area contributed by atoms with Crippen LogP contribution in [0, 0.1) is 24.6 Å². The molecule has 3 aliphatic heterocycles. The molecule has 4 aromatic heterocycles. The van der Waals surface area contributed by atoms with Gasteiger partial charge in [0, 0.05) is 68.4 Å². The summed E-state index contributed by atoms with van der Waals surface area (Å²) in [4.78, 5) is 68.3. The highest BCUT2D eigenvalue weighted by Gasteiger charge is 2.30. The number of imide groups is 1. The second kappa shape index (κ2) is 15.4. The number of anilines is 3. The molecular weight excluding hydrogens is 756 g/mol. The Balaban J connectivity index is 0.964. The topological polar surface area (TPSA) is 165 Å². The van der Waals surface area contributed by atoms with Crippen LogP contribution in [0.4, 0.5) is 26.2 Å². The second-order valence-electron chi connectivity index (χ2n) is 14.9. The minimum absolute atomic E-state index is 0.00570. The van der Waals surface area contributed by atoms with Gasteiger partial charge in [-0.3, -0.25) is 29.6 Å². The quantitative estimate of drug-likeness (QED) is 0.197. The number of nitrogens with one attached hydrogen (secondary N) is 2. The molecule has 7 heterocycles. The SMILES string of the molecule is Cc1cc2c(N3CCCc4nc(-c5cccnc5C(=O)NCC#Cc5cc6c(N7CCC(=O)NC7=O)c(F)ccc6o5)ncc43)cc(C3CCOCC3)cc2n(C)c1=O. The van der Waals surface area contributed by atoms with Crippen molar-refractivity contribution in [2.24, 2.45) is 7.05 Å². The summed E-state index contributed by atoms with van der Waals surface area (Å²) in [5.41, 5.74) is 6.33. The minimum atomic E-state index is -0.716. The molecular formula is C44H39FN8O6. The van der Waals surface area contributed by atoms with Gasteiger partial charge in [0.15, 0.2) is 11.6 Å². The third-order valence-electron chi connectivity index (χ3n) is 11.2. The number of aromatic nitrogens is 4. The number of carbonyl (C=O) groups excluding carboxylic acids is 3. The van der Waals surface area contributed by atoms with Crippen LogP contribution >= 0.6 is 0 Å². The standard InChI is InChI=1S/C44H39FN8O6/c1-25-20-30-34(51(2)43(25)56)21-27(26-12-18-58-19-13-26)22-35(30)52-16-5-8-33-36(52)24-48-41(49-33)29-7-4-14-46-39(29)42(55)47-15-3-6-28-23-31-37(59-28)10-9-32(45)40(31)53-17-11-38(54)50-44(53)57/h4,7,9-10,14,20-24,26H,5,8,11-13,15-19H2,1-2H3,(H,47,55)(H,50,54,57). The number of ether oxygens (including phenoxy) is 1. The number of furan rings is 1. The molecule has 298 valence electrons. The maximum absolute atomic E-state index is 15.0. The van der Waals surface area contributed by atoms with Gasteiger partial charge in [-0.2, -0.15) is 0 Å². The number of hydrogen-bond donors (Lipinski definition) is 2. The van der Waals surface area contributed by atoms with Crippen LogP contribution in [0.5, 0.6) is 0 Å². The number of benzene rings is 2. The summed E-state index contributed by atoms with van der Waals surface area (Å²) >= 11 is 0. The zero-order valence-corrected chi connectivity index (χ0v) is 32.4. The minimum Gasteiger partial charge on any atom is -0.448 e. The third-order valence-corrected chi connectivity index (χ3v) is 11.2. The Morgan fingerprint density at radius 3 is 2.68 bits per heavy atom. The number of aryl methyl sites for hydroxylation is 3. The predicted molar refractivity (Wildman–Crippen MR) is 218 cm³/mol. The molecule has 0 unspecified atom stereocenters. The Hall–Kier alpha value is -6.92. The fraction of sp³-hybridized carbons (Fsp3) is 0.295. The summed E-state index contributed by atoms with van der Waals surface area (Å²) < 4.78 is 28.2. The van der Waals surface area contributed by atoms with Crippen molar-refractivity contribution in [2.75, 3.05) is 42.6 Å². The monoisotopic (exact) mass is 794 g/mol. The van der Waals surface area contributed by atoms with E-state index < -0.39 is 23.7 Å². The Morgan fingerprint density at radius 1 is 1.00 bits per heavy atom. The van der Waals surface area contributed by atoms with E-state index in [1.54, 1.807) is 22.9 Å². The number of pyridine rings is 2. The Kier molecular flexibility index (Phi) is 9.85. The van der Waals surface area contributed by atoms with E-state index in [9.17, 15) is 23.6 Å². The van der Waals surface area contributed by atoms with Crippen molar-refractivity contribution in [2.45, 2.75) is 44.9 Å². The number of urea groups is 1. The third kappa shape index (κ3) is 7.05. The number of fused-ring (bicyclic) bond motifs is 3. The van der Waals surface area contributed by atoms with Gasteiger partial charge in [0.25, 0.3) is 11.5 Å². The van der Waals surface area contributed by atoms with Gasteiger partial charge in [-0.05, 0) is 92.5 Å². The zero-order valence-electron chi connectivity index (χ0n) is 32.4. The number of carbonyl (C=O) groups is 3. The van der Waals surface area contributed by atoms with Crippen molar-refractivity contribution < 1.29 is 27.9 Å². The molecule has 9 rings (SSSR count). The average molecular weight is 795 g/mol. The molecule has 0 saturated carbocycles. The van der Waals surface area contributed by atoms with E-state index >= 15 is 0 Å². The molecule has 2 saturated heterocycles. The molecule has 3 aliphatic rings. The van der Waals surface area contributed by atoms with E-state index in [1.807, 2.05) is 20.0 Å². The van der Waals surface area contributed by atoms with Crippen molar-refractivity contribution in [3.05, 3.63) is 105 Å². The van der Waals surface area contributed by atoms with Gasteiger partial charge in [-0.15, -0.1) is 0 Å². The molecule has 2 N–H and O–H groups in total. The largest absolute Gasteiger partial charge is 0.448 e. The molecule has 59 heavy (non-hydrogen) atoms. The fourth-order valence-electron chi connectivity index (χ4n) is 8.23. The Labute approximate surface area is 337 Å². The molecule has 4 amide bonds. The summed E-state index contributed by atoms with van der Waals surface area (Å²) in [5, 5.41) is 6.30. The molecule has 0 atom stereocenters. The van der Waals surface area contributed by atoms with Gasteiger partial charge in [0.1, 0.15) is 17.1 Å². The normalized spacial score (nSPS) is 15.8. The molecule has 2 fully saturated rings. The van der Waals surface area contributed by atoms with Gasteiger partial charge in [0.05, 0.1) is 46.6 Å². The smallest absolute Gasteiger partial charge is 0.328 e. The van der Waals surface area contributed by atoms with Gasteiger partial charge in [0.2, 0.25) is 5.91 Å². The maximum Gasteiger partial charge on any atom is 0.328 e. The van der Waals surface area contributed by atoms with Crippen LogP contribution in [-0.4, -0.2) is 70.2 Å². The van der Waals surface area contributed by atoms with Crippen LogP contribution in [0.1, 0.15) is 64.7 Å². The van der Waals surface area contributed by atoms with E-state index in [-0.39, 0.29) is 42.2 Å². The number of nitrogens with zero attached hydrogens (tertiary/aromatic N) is 6. The van der Waals surface area contributed by atoms with Gasteiger partial charge >= 0.3 is 6.03 Å². The Morgan fingerprint density at radius 2 is 1.85 bits per heavy atom. The van der Waals surface area contributed by atoms with Gasteiger partial charge in [-0.25, -0.2) is 19.2 Å². The van der Waals surface area contributed by atoms with Crippen molar-refractivity contribution in [3.8, 4) is 23.2 Å². The van der Waals surface area contributed by atoms with Crippen LogP contribution in [0.2, 0.25) is 0 Å². The number of halogens is 1. The van der Waals surface area contributed by atoms with Crippen molar-refractivity contribution in [1.82, 2.24) is 30.2 Å². The molecule has 0 aliphatic carbocycles. The lowest BCUT2D eigenvalue weighted by atomic mass is 9.89. The van der Waals surface area contributed by atoms with E-state index in [2.05, 4.69) is 44.5 Å². The number of rotatable bonds is 6. The van der Waals surface area contributed by atoms with E-state index in [1.165, 1.54) is 34.9 Å². The maximum atomic E-state index is 15.0. The molecule has 0 bridgehead atoms. The van der Waals surface area contributed by atoms with Crippen molar-refractivity contribution in [1.29, 1.82) is 0 Å². The van der Waals surface area contributed by atoms with Gasteiger partial charge in [-0.1, -0.05) is 5.92 Å². The lowest BCUT2D eigenvalue weighted by molar-refractivity contribution is -0.120. The lowest BCUT2D eigenvalue weighted by Gasteiger charge is -2.33. The van der Waals surface area contributed by atoms with E-state index in [4.69, 9.17) is 19.1 Å². The van der Waals surface area contributed by atoms with Crippen LogP contribution in [-0.2, 0) is 23.0 Å². The first-order chi connectivity index (χ1) is 28.6. The van der Waals surface area contributed by atoms with Gasteiger partial charge < -0.3 is 23.9 Å². The van der Waals surface area contributed by atoms with Crippen LogP contribution in [0.15, 0.2) is 70.1 Å². The first-order valence-corrected chi connectivity index (χ1v) is 19.6. The molecule has 0 spiro atoms. The Bertz CT molecular complexity index is 2830. The first-order valence-electron chi connectivity index (χ1n) is 19.6. The zero-order chi connectivity index (χ0) is 40.8. The van der Waals surface area contributed by atoms with Crippen LogP contribution in [0.25, 0.3) is 33.3 Å². The molecule has 15 heteroatoms. The van der Waals surface area contributed by atoms with E-state index in [0.29, 0.717) is 53.5 Å². The second-order valence-corrected chi connectivity index (χ2v) is 14.9. The molecule has 14 nitrogen and oxygen atoms in total. The number of hydrogen-bond acceptors (Lipinski definition) is 10. The summed E-state index contributed by atoms with van der Waals surface area (Å²) in [5.74, 6) is 5.05. The van der Waals surface area contributed by atoms with Crippen molar-refractivity contribution >= 4 is 56.8 Å². The number of amides is 4. The lowest BCUT2D eigenvalue weighted by Crippen LogP contribution is -2.49. The first kappa shape index (κ1) is 37.6. The van der Waals surface area contributed by atoms with Crippen LogP contribution in [0.3, 0.4) is 0 Å². The van der Waals surface area contributed by atoms with Crippen molar-refractivity contribution in [3.63, 3.8) is 0 Å². The van der Waals surface area contributed by atoms with Crippen LogP contribution < -0.4 is 26.0 Å². The summed E-state index contributed by atoms with van der Waals surface area (Å²) in [6.07, 6.45) is 6.76. The highest BCUT2D eigenvalue weighted by molar-refractivity contribution is 6.09. The summed E-state index contributed by atoms with van der Waals surface area (Å²) in [6, 6.07) is 13.3. The molecule has 6 aromatic rings. The highest BCUT2D eigenvalue weighted by atomic mass is 19.1. The summed E-state index contributed by atoms with van der Waals surface area (Å²) in [6.45, 7) is 3.96. The molecule has 2 aromatic carbocycles. The highest BCUT2D eigenvalue weighted by Crippen LogP contribution is 2.41. The average Bonchev–Trinajstić information content (AvgIpc) is 3.67. The van der Waals surface area contributed by atoms with E-state index in [0.717, 1.165) is 53.8 Å². The predicted octanol–water partition coefficient (Wildman–Crippen LogP) is 5.79. The fourth-order valence-corrected chi connectivity index (χ4v) is 8.23.